The molecule has 0 N–H and O–H groups in total. The van der Waals surface area contributed by atoms with Crippen molar-refractivity contribution in [1.29, 1.82) is 0 Å². The second-order valence-corrected chi connectivity index (χ2v) is 3.37. The number of halogens is 1. The summed E-state index contributed by atoms with van der Waals surface area (Å²) < 4.78 is 1.86. The molecule has 0 unspecified atom stereocenters. The zero-order chi connectivity index (χ0) is 9.42. The van der Waals surface area contributed by atoms with Crippen molar-refractivity contribution in [2.24, 2.45) is 0 Å². The molecule has 2 aromatic rings. The second-order valence-electron chi connectivity index (χ2n) is 2.98. The molecule has 0 saturated carbocycles. The van der Waals surface area contributed by atoms with E-state index in [1.165, 1.54) is 0 Å². The van der Waals surface area contributed by atoms with Crippen molar-refractivity contribution < 1.29 is 0 Å². The van der Waals surface area contributed by atoms with Crippen LogP contribution in [0.1, 0.15) is 12.5 Å². The Morgan fingerprint density at radius 2 is 2.31 bits per heavy atom. The highest BCUT2D eigenvalue weighted by Crippen LogP contribution is 2.18. The van der Waals surface area contributed by atoms with E-state index < -0.39 is 0 Å². The zero-order valence-corrected chi connectivity index (χ0v) is 8.34. The van der Waals surface area contributed by atoms with Gasteiger partial charge in [-0.2, -0.15) is 5.10 Å². The molecule has 0 aromatic carbocycles. The van der Waals surface area contributed by atoms with Gasteiger partial charge >= 0.3 is 0 Å². The lowest BCUT2D eigenvalue weighted by atomic mass is 10.2. The summed E-state index contributed by atoms with van der Waals surface area (Å²) >= 11 is 5.82. The van der Waals surface area contributed by atoms with Gasteiger partial charge in [-0.3, -0.25) is 4.68 Å². The van der Waals surface area contributed by atoms with Gasteiger partial charge in [-0.05, 0) is 25.5 Å². The minimum Gasteiger partial charge on any atom is -0.270 e. The Bertz CT molecular complexity index is 447. The van der Waals surface area contributed by atoms with E-state index in [4.69, 9.17) is 11.6 Å². The lowest BCUT2D eigenvalue weighted by Crippen LogP contribution is -1.92. The fraction of sp³-hybridized carbons (Fsp3) is 0.333. The van der Waals surface area contributed by atoms with Gasteiger partial charge in [0, 0.05) is 18.1 Å². The molecule has 4 heteroatoms. The molecule has 2 rings (SSSR count). The first-order valence-electron chi connectivity index (χ1n) is 4.21. The highest BCUT2D eigenvalue weighted by Gasteiger charge is 2.04. The average Bonchev–Trinajstić information content (AvgIpc) is 2.47. The van der Waals surface area contributed by atoms with Crippen LogP contribution in [0.3, 0.4) is 0 Å². The van der Waals surface area contributed by atoms with Crippen LogP contribution in [0.25, 0.3) is 11.0 Å². The summed E-state index contributed by atoms with van der Waals surface area (Å²) in [6.07, 6.45) is 1.99. The maximum atomic E-state index is 5.82. The summed E-state index contributed by atoms with van der Waals surface area (Å²) in [5.74, 6) is 0. The molecule has 13 heavy (non-hydrogen) atoms. The van der Waals surface area contributed by atoms with Crippen molar-refractivity contribution in [2.75, 3.05) is 0 Å². The molecular weight excluding hydrogens is 186 g/mol. The van der Waals surface area contributed by atoms with E-state index in [0.29, 0.717) is 5.15 Å². The molecule has 0 bridgehead atoms. The minimum absolute atomic E-state index is 0.506. The van der Waals surface area contributed by atoms with Crippen LogP contribution in [0.15, 0.2) is 12.3 Å². The van der Waals surface area contributed by atoms with E-state index in [1.54, 1.807) is 0 Å². The molecule has 0 amide bonds. The predicted molar refractivity (Wildman–Crippen MR) is 52.9 cm³/mol. The lowest BCUT2D eigenvalue weighted by molar-refractivity contribution is 0.666. The van der Waals surface area contributed by atoms with Crippen LogP contribution >= 0.6 is 11.6 Å². The van der Waals surface area contributed by atoms with Gasteiger partial charge in [0.2, 0.25) is 0 Å². The number of pyridine rings is 1. The van der Waals surface area contributed by atoms with Gasteiger partial charge in [-0.15, -0.1) is 0 Å². The number of aromatic nitrogens is 3. The Hall–Kier alpha value is -1.09. The molecular formula is C9H10ClN3. The standard InChI is InChI=1S/C9H10ClN3/c1-3-13-5-7-6(2)4-8(10)11-9(7)12-13/h4-5H,3H2,1-2H3. The fourth-order valence-corrected chi connectivity index (χ4v) is 1.57. The van der Waals surface area contributed by atoms with Crippen LogP contribution in [0, 0.1) is 6.92 Å². The normalized spacial score (nSPS) is 11.0. The molecule has 0 atom stereocenters. The summed E-state index contributed by atoms with van der Waals surface area (Å²) in [5, 5.41) is 5.86. The van der Waals surface area contributed by atoms with Crippen molar-refractivity contribution in [1.82, 2.24) is 14.8 Å². The number of hydrogen-bond donors (Lipinski definition) is 0. The second kappa shape index (κ2) is 3.00. The molecule has 68 valence electrons. The fourth-order valence-electron chi connectivity index (χ4n) is 1.32. The van der Waals surface area contributed by atoms with Gasteiger partial charge in [0.15, 0.2) is 5.65 Å². The Labute approximate surface area is 81.3 Å². The van der Waals surface area contributed by atoms with E-state index in [0.717, 1.165) is 23.1 Å². The van der Waals surface area contributed by atoms with Gasteiger partial charge < -0.3 is 0 Å². The molecule has 2 aromatic heterocycles. The van der Waals surface area contributed by atoms with Crippen LogP contribution in [-0.4, -0.2) is 14.8 Å². The highest BCUT2D eigenvalue weighted by atomic mass is 35.5. The topological polar surface area (TPSA) is 30.7 Å². The number of rotatable bonds is 1. The molecule has 0 saturated heterocycles. The number of hydrogen-bond acceptors (Lipinski definition) is 2. The largest absolute Gasteiger partial charge is 0.270 e. The Balaban J connectivity index is 2.75. The quantitative estimate of drug-likeness (QED) is 0.655. The molecule has 0 spiro atoms. The van der Waals surface area contributed by atoms with Crippen molar-refractivity contribution in [2.45, 2.75) is 20.4 Å². The van der Waals surface area contributed by atoms with E-state index in [-0.39, 0.29) is 0 Å². The minimum atomic E-state index is 0.506. The molecule has 0 aliphatic heterocycles. The molecule has 2 heterocycles. The summed E-state index contributed by atoms with van der Waals surface area (Å²) in [4.78, 5) is 4.14. The van der Waals surface area contributed by atoms with Crippen LogP contribution in [-0.2, 0) is 6.54 Å². The van der Waals surface area contributed by atoms with E-state index >= 15 is 0 Å². The first-order chi connectivity index (χ1) is 6.20. The monoisotopic (exact) mass is 195 g/mol. The Morgan fingerprint density at radius 3 is 3.00 bits per heavy atom. The molecule has 0 aliphatic carbocycles. The summed E-state index contributed by atoms with van der Waals surface area (Å²) in [6, 6.07) is 1.85. The first-order valence-corrected chi connectivity index (χ1v) is 4.59. The average molecular weight is 196 g/mol. The molecule has 3 nitrogen and oxygen atoms in total. The molecule has 0 fully saturated rings. The van der Waals surface area contributed by atoms with E-state index in [1.807, 2.05) is 30.8 Å². The molecule has 0 radical (unpaired) electrons. The number of aryl methyl sites for hydroxylation is 2. The van der Waals surface area contributed by atoms with E-state index in [2.05, 4.69) is 10.1 Å². The van der Waals surface area contributed by atoms with Crippen molar-refractivity contribution in [3.05, 3.63) is 23.0 Å². The highest BCUT2D eigenvalue weighted by molar-refractivity contribution is 6.29. The summed E-state index contributed by atoms with van der Waals surface area (Å²) in [5.41, 5.74) is 1.85. The maximum absolute atomic E-state index is 5.82. The summed E-state index contributed by atoms with van der Waals surface area (Å²) in [7, 11) is 0. The van der Waals surface area contributed by atoms with Gasteiger partial charge in [0.05, 0.1) is 0 Å². The smallest absolute Gasteiger partial charge is 0.182 e. The number of fused-ring (bicyclic) bond motifs is 1. The molecule has 0 aliphatic rings. The van der Waals surface area contributed by atoms with Crippen LogP contribution in [0.2, 0.25) is 5.15 Å². The van der Waals surface area contributed by atoms with Gasteiger partial charge in [-0.25, -0.2) is 4.98 Å². The Morgan fingerprint density at radius 1 is 1.54 bits per heavy atom. The van der Waals surface area contributed by atoms with Gasteiger partial charge in [0.1, 0.15) is 5.15 Å². The van der Waals surface area contributed by atoms with Crippen LogP contribution < -0.4 is 0 Å². The van der Waals surface area contributed by atoms with Gasteiger partial charge in [-0.1, -0.05) is 11.6 Å². The van der Waals surface area contributed by atoms with Crippen molar-refractivity contribution in [3.63, 3.8) is 0 Å². The van der Waals surface area contributed by atoms with Crippen molar-refractivity contribution >= 4 is 22.6 Å². The number of nitrogens with zero attached hydrogens (tertiary/aromatic N) is 3. The van der Waals surface area contributed by atoms with Crippen LogP contribution in [0.5, 0.6) is 0 Å². The van der Waals surface area contributed by atoms with E-state index in [9.17, 15) is 0 Å². The Kier molecular flexibility index (Phi) is 1.96. The third-order valence-electron chi connectivity index (χ3n) is 2.04. The third-order valence-corrected chi connectivity index (χ3v) is 2.23. The SMILES string of the molecule is CCn1cc2c(C)cc(Cl)nc2n1. The third kappa shape index (κ3) is 1.40. The summed E-state index contributed by atoms with van der Waals surface area (Å²) in [6.45, 7) is 4.91. The van der Waals surface area contributed by atoms with Crippen molar-refractivity contribution in [3.8, 4) is 0 Å². The predicted octanol–water partition coefficient (Wildman–Crippen LogP) is 2.41. The zero-order valence-electron chi connectivity index (χ0n) is 7.58. The first kappa shape index (κ1) is 8.51. The van der Waals surface area contributed by atoms with Crippen LogP contribution in [0.4, 0.5) is 0 Å². The van der Waals surface area contributed by atoms with Gasteiger partial charge in [0.25, 0.3) is 0 Å². The lowest BCUT2D eigenvalue weighted by Gasteiger charge is -1.93. The maximum Gasteiger partial charge on any atom is 0.182 e.